The van der Waals surface area contributed by atoms with Crippen LogP contribution >= 0.6 is 0 Å². The van der Waals surface area contributed by atoms with Gasteiger partial charge in [-0.2, -0.15) is 0 Å². The van der Waals surface area contributed by atoms with Crippen LogP contribution in [0.25, 0.3) is 0 Å². The summed E-state index contributed by atoms with van der Waals surface area (Å²) in [5.74, 6) is 0.612. The number of nitrogens with one attached hydrogen (secondary N) is 1. The molecule has 0 aliphatic carbocycles. The lowest BCUT2D eigenvalue weighted by Gasteiger charge is -2.32. The maximum Gasteiger partial charge on any atom is 0.272 e. The van der Waals surface area contributed by atoms with E-state index in [1.807, 2.05) is 23.1 Å². The molecule has 0 saturated carbocycles. The molecule has 1 aliphatic heterocycles. The van der Waals surface area contributed by atoms with Crippen LogP contribution in [-0.4, -0.2) is 58.9 Å². The van der Waals surface area contributed by atoms with Gasteiger partial charge in [0.2, 0.25) is 0 Å². The Balaban J connectivity index is 1.75. The number of piperazine rings is 1. The minimum Gasteiger partial charge on any atom is -0.340 e. The number of aromatic nitrogens is 2. The van der Waals surface area contributed by atoms with Crippen molar-refractivity contribution in [1.29, 1.82) is 0 Å². The molecule has 1 amide bonds. The van der Waals surface area contributed by atoms with Gasteiger partial charge in [-0.15, -0.1) is 0 Å². The minimum atomic E-state index is -0.0303. The third-order valence-electron chi connectivity index (χ3n) is 4.34. The van der Waals surface area contributed by atoms with E-state index >= 15 is 0 Å². The highest BCUT2D eigenvalue weighted by atomic mass is 16.2. The minimum absolute atomic E-state index is 0.0303. The van der Waals surface area contributed by atoms with Gasteiger partial charge in [0.05, 0.1) is 0 Å². The van der Waals surface area contributed by atoms with E-state index in [0.29, 0.717) is 11.5 Å². The number of benzene rings is 1. The summed E-state index contributed by atoms with van der Waals surface area (Å²) in [7, 11) is 2.07. The molecule has 0 radical (unpaired) electrons. The van der Waals surface area contributed by atoms with Crippen molar-refractivity contribution in [2.45, 2.75) is 13.3 Å². The van der Waals surface area contributed by atoms with Gasteiger partial charge in [0.1, 0.15) is 17.8 Å². The van der Waals surface area contributed by atoms with Gasteiger partial charge in [0, 0.05) is 37.9 Å². The van der Waals surface area contributed by atoms with Crippen LogP contribution in [0.3, 0.4) is 0 Å². The van der Waals surface area contributed by atoms with E-state index in [-0.39, 0.29) is 5.91 Å². The lowest BCUT2D eigenvalue weighted by atomic mass is 10.1. The fourth-order valence-electron chi connectivity index (χ4n) is 2.80. The number of amides is 1. The van der Waals surface area contributed by atoms with E-state index in [9.17, 15) is 4.79 Å². The Kier molecular flexibility index (Phi) is 5.05. The molecule has 0 spiro atoms. The van der Waals surface area contributed by atoms with Gasteiger partial charge in [-0.25, -0.2) is 9.97 Å². The van der Waals surface area contributed by atoms with Crippen LogP contribution < -0.4 is 5.32 Å². The first-order valence-corrected chi connectivity index (χ1v) is 8.32. The standard InChI is InChI=1S/C18H23N5O/c1-3-14-6-4-5-7-15(14)21-17-12-16(19-13-20-17)18(24)23-10-8-22(2)9-11-23/h4-7,12-13H,3,8-11H2,1-2H3,(H,19,20,21). The van der Waals surface area contributed by atoms with Gasteiger partial charge < -0.3 is 15.1 Å². The molecule has 1 aromatic heterocycles. The lowest BCUT2D eigenvalue weighted by Crippen LogP contribution is -2.47. The molecule has 0 unspecified atom stereocenters. The fraction of sp³-hybridized carbons (Fsp3) is 0.389. The number of hydrogen-bond donors (Lipinski definition) is 1. The Morgan fingerprint density at radius 3 is 2.67 bits per heavy atom. The van der Waals surface area contributed by atoms with Crippen LogP contribution in [-0.2, 0) is 6.42 Å². The molecule has 1 fully saturated rings. The number of nitrogens with zero attached hydrogens (tertiary/aromatic N) is 4. The Morgan fingerprint density at radius 2 is 1.92 bits per heavy atom. The average molecular weight is 325 g/mol. The third-order valence-corrected chi connectivity index (χ3v) is 4.34. The van der Waals surface area contributed by atoms with Crippen molar-refractivity contribution in [2.75, 3.05) is 38.5 Å². The van der Waals surface area contributed by atoms with Crippen molar-refractivity contribution in [2.24, 2.45) is 0 Å². The summed E-state index contributed by atoms with van der Waals surface area (Å²) in [6.45, 7) is 5.38. The molecule has 2 aromatic rings. The summed E-state index contributed by atoms with van der Waals surface area (Å²) in [5, 5.41) is 3.30. The van der Waals surface area contributed by atoms with E-state index in [4.69, 9.17) is 0 Å². The quantitative estimate of drug-likeness (QED) is 0.933. The second-order valence-corrected chi connectivity index (χ2v) is 6.02. The number of anilines is 2. The van der Waals surface area contributed by atoms with Crippen molar-refractivity contribution >= 4 is 17.4 Å². The van der Waals surface area contributed by atoms with E-state index in [1.165, 1.54) is 11.9 Å². The van der Waals surface area contributed by atoms with Gasteiger partial charge in [-0.3, -0.25) is 4.79 Å². The molecule has 24 heavy (non-hydrogen) atoms. The predicted molar refractivity (Wildman–Crippen MR) is 94.5 cm³/mol. The Labute approximate surface area is 142 Å². The predicted octanol–water partition coefficient (Wildman–Crippen LogP) is 2.17. The smallest absolute Gasteiger partial charge is 0.272 e. The fourth-order valence-corrected chi connectivity index (χ4v) is 2.80. The van der Waals surface area contributed by atoms with E-state index in [1.54, 1.807) is 6.07 Å². The van der Waals surface area contributed by atoms with Gasteiger partial charge >= 0.3 is 0 Å². The number of carbonyl (C=O) groups is 1. The largest absolute Gasteiger partial charge is 0.340 e. The maximum absolute atomic E-state index is 12.6. The van der Waals surface area contributed by atoms with Crippen molar-refractivity contribution in [1.82, 2.24) is 19.8 Å². The molecule has 0 atom stereocenters. The summed E-state index contributed by atoms with van der Waals surface area (Å²) in [6.07, 6.45) is 2.38. The van der Waals surface area contributed by atoms with E-state index in [2.05, 4.69) is 40.2 Å². The molecule has 1 saturated heterocycles. The van der Waals surface area contributed by atoms with Crippen LogP contribution in [0.5, 0.6) is 0 Å². The van der Waals surface area contributed by atoms with Crippen molar-refractivity contribution in [3.63, 3.8) is 0 Å². The number of rotatable bonds is 4. The lowest BCUT2D eigenvalue weighted by molar-refractivity contribution is 0.0658. The van der Waals surface area contributed by atoms with Crippen LogP contribution in [0, 0.1) is 0 Å². The van der Waals surface area contributed by atoms with Gasteiger partial charge in [0.25, 0.3) is 5.91 Å². The first-order valence-electron chi connectivity index (χ1n) is 8.32. The first kappa shape index (κ1) is 16.4. The van der Waals surface area contributed by atoms with Crippen LogP contribution in [0.2, 0.25) is 0 Å². The molecule has 6 heteroatoms. The number of para-hydroxylation sites is 1. The molecule has 2 heterocycles. The summed E-state index contributed by atoms with van der Waals surface area (Å²) < 4.78 is 0. The SMILES string of the molecule is CCc1ccccc1Nc1cc(C(=O)N2CCN(C)CC2)ncn1. The summed E-state index contributed by atoms with van der Waals surface area (Å²) in [4.78, 5) is 25.1. The molecular formula is C18H23N5O. The molecule has 126 valence electrons. The number of carbonyl (C=O) groups excluding carboxylic acids is 1. The Bertz CT molecular complexity index is 710. The monoisotopic (exact) mass is 325 g/mol. The van der Waals surface area contributed by atoms with Crippen molar-refractivity contribution in [3.05, 3.63) is 47.9 Å². The van der Waals surface area contributed by atoms with Crippen molar-refractivity contribution < 1.29 is 4.79 Å². The third kappa shape index (κ3) is 3.71. The normalized spacial score (nSPS) is 15.3. The van der Waals surface area contributed by atoms with Crippen LogP contribution in [0.15, 0.2) is 36.7 Å². The Morgan fingerprint density at radius 1 is 1.17 bits per heavy atom. The molecule has 6 nitrogen and oxygen atoms in total. The maximum atomic E-state index is 12.6. The summed E-state index contributed by atoms with van der Waals surface area (Å²) >= 11 is 0. The van der Waals surface area contributed by atoms with Crippen LogP contribution in [0.1, 0.15) is 23.0 Å². The first-order chi connectivity index (χ1) is 11.7. The number of aryl methyl sites for hydroxylation is 1. The summed E-state index contributed by atoms with van der Waals surface area (Å²) in [5.41, 5.74) is 2.66. The Hall–Kier alpha value is -2.47. The van der Waals surface area contributed by atoms with Crippen molar-refractivity contribution in [3.8, 4) is 0 Å². The zero-order valence-electron chi connectivity index (χ0n) is 14.2. The highest BCUT2D eigenvalue weighted by molar-refractivity contribution is 5.93. The summed E-state index contributed by atoms with van der Waals surface area (Å²) in [6, 6.07) is 9.83. The second kappa shape index (κ2) is 7.40. The van der Waals surface area contributed by atoms with Gasteiger partial charge in [0.15, 0.2) is 0 Å². The van der Waals surface area contributed by atoms with Crippen LogP contribution in [0.4, 0.5) is 11.5 Å². The molecule has 1 aliphatic rings. The molecule has 3 rings (SSSR count). The molecule has 0 bridgehead atoms. The second-order valence-electron chi connectivity index (χ2n) is 6.02. The average Bonchev–Trinajstić information content (AvgIpc) is 2.62. The van der Waals surface area contributed by atoms with E-state index < -0.39 is 0 Å². The zero-order valence-corrected chi connectivity index (χ0v) is 14.2. The topological polar surface area (TPSA) is 61.4 Å². The highest BCUT2D eigenvalue weighted by Crippen LogP contribution is 2.20. The van der Waals surface area contributed by atoms with E-state index in [0.717, 1.165) is 38.3 Å². The number of hydrogen-bond acceptors (Lipinski definition) is 5. The zero-order chi connectivity index (χ0) is 16.9. The highest BCUT2D eigenvalue weighted by Gasteiger charge is 2.21. The number of likely N-dealkylation sites (N-methyl/N-ethyl adjacent to an activating group) is 1. The van der Waals surface area contributed by atoms with Gasteiger partial charge in [-0.05, 0) is 25.1 Å². The molecule has 1 N–H and O–H groups in total. The van der Waals surface area contributed by atoms with Gasteiger partial charge in [-0.1, -0.05) is 25.1 Å². The molecule has 1 aromatic carbocycles. The molecular weight excluding hydrogens is 302 g/mol.